The van der Waals surface area contributed by atoms with Gasteiger partial charge in [0.15, 0.2) is 4.32 Å². The molecule has 1 aliphatic rings. The summed E-state index contributed by atoms with van der Waals surface area (Å²) < 4.78 is 0.575. The van der Waals surface area contributed by atoms with Crippen LogP contribution in [0.5, 0.6) is 0 Å². The van der Waals surface area contributed by atoms with Gasteiger partial charge in [0.2, 0.25) is 0 Å². The lowest BCUT2D eigenvalue weighted by Gasteiger charge is -2.14. The first-order valence-electron chi connectivity index (χ1n) is 6.55. The average molecular weight is 311 g/mol. The van der Waals surface area contributed by atoms with Crippen LogP contribution in [0.3, 0.4) is 0 Å². The third-order valence-electron chi connectivity index (χ3n) is 3.18. The Balaban J connectivity index is 1.92. The molecule has 1 amide bonds. The summed E-state index contributed by atoms with van der Waals surface area (Å²) in [5.41, 5.74) is 2.98. The Morgan fingerprint density at radius 2 is 1.71 bits per heavy atom. The minimum atomic E-state index is -0.0577. The maximum atomic E-state index is 12.6. The van der Waals surface area contributed by atoms with Crippen molar-refractivity contribution in [3.05, 3.63) is 70.6 Å². The minimum Gasteiger partial charge on any atom is -0.268 e. The van der Waals surface area contributed by atoms with Gasteiger partial charge in [-0.1, -0.05) is 72.0 Å². The number of benzene rings is 2. The fourth-order valence-corrected chi connectivity index (χ4v) is 3.38. The van der Waals surface area contributed by atoms with Gasteiger partial charge in [-0.15, -0.1) is 0 Å². The van der Waals surface area contributed by atoms with E-state index in [0.717, 1.165) is 16.8 Å². The Hall–Kier alpha value is -1.91. The highest BCUT2D eigenvalue weighted by molar-refractivity contribution is 8.27. The Kier molecular flexibility index (Phi) is 3.90. The molecule has 1 aliphatic heterocycles. The van der Waals surface area contributed by atoms with Gasteiger partial charge in [-0.3, -0.25) is 9.69 Å². The smallest absolute Gasteiger partial charge is 0.268 e. The van der Waals surface area contributed by atoms with E-state index in [9.17, 15) is 4.79 Å². The average Bonchev–Trinajstić information content (AvgIpc) is 2.76. The molecule has 21 heavy (non-hydrogen) atoms. The van der Waals surface area contributed by atoms with Gasteiger partial charge in [-0.05, 0) is 30.7 Å². The van der Waals surface area contributed by atoms with Crippen molar-refractivity contribution in [3.8, 4) is 0 Å². The van der Waals surface area contributed by atoms with E-state index in [1.54, 1.807) is 4.90 Å². The second kappa shape index (κ2) is 5.84. The highest BCUT2D eigenvalue weighted by Crippen LogP contribution is 2.35. The van der Waals surface area contributed by atoms with Gasteiger partial charge in [0, 0.05) is 0 Å². The molecule has 0 radical (unpaired) electrons. The molecule has 0 aromatic heterocycles. The van der Waals surface area contributed by atoms with Crippen molar-refractivity contribution in [1.82, 2.24) is 0 Å². The first kappa shape index (κ1) is 14.0. The van der Waals surface area contributed by atoms with Crippen LogP contribution in [0.1, 0.15) is 11.1 Å². The van der Waals surface area contributed by atoms with Gasteiger partial charge in [-0.2, -0.15) is 0 Å². The molecule has 4 heteroatoms. The molecule has 2 nitrogen and oxygen atoms in total. The van der Waals surface area contributed by atoms with Crippen LogP contribution in [0.2, 0.25) is 0 Å². The zero-order valence-electron chi connectivity index (χ0n) is 11.4. The van der Waals surface area contributed by atoms with E-state index in [-0.39, 0.29) is 5.91 Å². The van der Waals surface area contributed by atoms with Crippen molar-refractivity contribution < 1.29 is 4.79 Å². The molecule has 104 valence electrons. The predicted octanol–water partition coefficient (Wildman–Crippen LogP) is 4.40. The summed E-state index contributed by atoms with van der Waals surface area (Å²) in [4.78, 5) is 14.8. The third kappa shape index (κ3) is 2.91. The number of nitrogens with zero attached hydrogens (tertiary/aromatic N) is 1. The zero-order chi connectivity index (χ0) is 14.8. The first-order chi connectivity index (χ1) is 10.1. The summed E-state index contributed by atoms with van der Waals surface area (Å²) in [5.74, 6) is -0.0577. The summed E-state index contributed by atoms with van der Waals surface area (Å²) >= 11 is 6.70. The number of rotatable bonds is 2. The highest BCUT2D eigenvalue weighted by Gasteiger charge is 2.33. The van der Waals surface area contributed by atoms with Crippen molar-refractivity contribution in [1.29, 1.82) is 0 Å². The topological polar surface area (TPSA) is 20.3 Å². The molecule has 1 fully saturated rings. The van der Waals surface area contributed by atoms with Crippen LogP contribution in [0, 0.1) is 6.92 Å². The van der Waals surface area contributed by atoms with Gasteiger partial charge >= 0.3 is 0 Å². The zero-order valence-corrected chi connectivity index (χ0v) is 13.1. The maximum Gasteiger partial charge on any atom is 0.270 e. The number of hydrogen-bond donors (Lipinski definition) is 0. The Labute approximate surface area is 133 Å². The van der Waals surface area contributed by atoms with E-state index in [0.29, 0.717) is 9.23 Å². The number of aryl methyl sites for hydroxylation is 1. The van der Waals surface area contributed by atoms with Gasteiger partial charge in [0.25, 0.3) is 5.91 Å². The van der Waals surface area contributed by atoms with Crippen molar-refractivity contribution in [2.24, 2.45) is 0 Å². The number of carbonyl (C=O) groups excluding carboxylic acids is 1. The highest BCUT2D eigenvalue weighted by atomic mass is 32.2. The predicted molar refractivity (Wildman–Crippen MR) is 93.3 cm³/mol. The first-order valence-corrected chi connectivity index (χ1v) is 7.77. The normalized spacial score (nSPS) is 16.8. The molecule has 1 heterocycles. The van der Waals surface area contributed by atoms with E-state index in [2.05, 4.69) is 0 Å². The number of hydrogen-bond acceptors (Lipinski definition) is 3. The van der Waals surface area contributed by atoms with E-state index in [4.69, 9.17) is 12.2 Å². The van der Waals surface area contributed by atoms with E-state index in [1.807, 2.05) is 67.6 Å². The molecule has 0 saturated carbocycles. The molecule has 1 saturated heterocycles. The lowest BCUT2D eigenvalue weighted by atomic mass is 10.2. The van der Waals surface area contributed by atoms with E-state index < -0.39 is 0 Å². The maximum absolute atomic E-state index is 12.6. The van der Waals surface area contributed by atoms with Crippen molar-refractivity contribution in [2.45, 2.75) is 6.92 Å². The molecule has 0 N–H and O–H groups in total. The molecule has 0 bridgehead atoms. The quantitative estimate of drug-likeness (QED) is 0.605. The molecule has 3 rings (SSSR count). The Morgan fingerprint density at radius 1 is 1.05 bits per heavy atom. The van der Waals surface area contributed by atoms with Gasteiger partial charge in [-0.25, -0.2) is 0 Å². The Bertz CT molecular complexity index is 720. The van der Waals surface area contributed by atoms with Crippen molar-refractivity contribution >= 4 is 46.0 Å². The number of anilines is 1. The summed E-state index contributed by atoms with van der Waals surface area (Å²) in [6.45, 7) is 2.02. The van der Waals surface area contributed by atoms with Crippen LogP contribution in [0.15, 0.2) is 59.5 Å². The second-order valence-corrected chi connectivity index (χ2v) is 6.44. The molecular weight excluding hydrogens is 298 g/mol. The fraction of sp³-hybridized carbons (Fsp3) is 0.0588. The largest absolute Gasteiger partial charge is 0.270 e. The number of amides is 1. The van der Waals surface area contributed by atoms with Gasteiger partial charge in [0.1, 0.15) is 0 Å². The monoisotopic (exact) mass is 311 g/mol. The number of thioether (sulfide) groups is 1. The van der Waals surface area contributed by atoms with Crippen molar-refractivity contribution in [3.63, 3.8) is 0 Å². The molecule has 0 aliphatic carbocycles. The number of thiocarbonyl (C=S) groups is 1. The van der Waals surface area contributed by atoms with Gasteiger partial charge < -0.3 is 0 Å². The molecule has 0 spiro atoms. The third-order valence-corrected chi connectivity index (χ3v) is 4.49. The standard InChI is InChI=1S/C17H13NOS2/c1-12-7-9-14(10-8-12)18-16(19)15(21-17(18)20)11-13-5-3-2-4-6-13/h2-11H,1H3/b15-11+. The van der Waals surface area contributed by atoms with Crippen molar-refractivity contribution in [2.75, 3.05) is 4.90 Å². The van der Waals surface area contributed by atoms with Crippen LogP contribution >= 0.6 is 24.0 Å². The SMILES string of the molecule is Cc1ccc(N2C(=O)/C(=C\c3ccccc3)SC2=S)cc1. The fourth-order valence-electron chi connectivity index (χ4n) is 2.08. The van der Waals surface area contributed by atoms with Crippen LogP contribution in [-0.4, -0.2) is 10.2 Å². The second-order valence-electron chi connectivity index (χ2n) is 4.76. The molecule has 0 atom stereocenters. The molecule has 2 aromatic carbocycles. The summed E-state index contributed by atoms with van der Waals surface area (Å²) in [6, 6.07) is 17.6. The lowest BCUT2D eigenvalue weighted by molar-refractivity contribution is -0.113. The van der Waals surface area contributed by atoms with E-state index in [1.165, 1.54) is 11.8 Å². The van der Waals surface area contributed by atoms with Crippen LogP contribution in [0.4, 0.5) is 5.69 Å². The summed E-state index contributed by atoms with van der Waals surface area (Å²) in [5, 5.41) is 0. The number of carbonyl (C=O) groups is 1. The van der Waals surface area contributed by atoms with Gasteiger partial charge in [0.05, 0.1) is 10.6 Å². The lowest BCUT2D eigenvalue weighted by Crippen LogP contribution is -2.27. The minimum absolute atomic E-state index is 0.0577. The molecular formula is C17H13NOS2. The molecule has 0 unspecified atom stereocenters. The van der Waals surface area contributed by atoms with Crippen LogP contribution in [0.25, 0.3) is 6.08 Å². The van der Waals surface area contributed by atoms with E-state index >= 15 is 0 Å². The summed E-state index contributed by atoms with van der Waals surface area (Å²) in [6.07, 6.45) is 1.88. The Morgan fingerprint density at radius 3 is 2.38 bits per heavy atom. The summed E-state index contributed by atoms with van der Waals surface area (Å²) in [7, 11) is 0. The van der Waals surface area contributed by atoms with Crippen LogP contribution in [-0.2, 0) is 4.79 Å². The van der Waals surface area contributed by atoms with Crippen LogP contribution < -0.4 is 4.90 Å². The molecule has 2 aromatic rings.